The summed E-state index contributed by atoms with van der Waals surface area (Å²) in [5.41, 5.74) is -3.59. The Morgan fingerprint density at radius 2 is 2.04 bits per heavy atom. The lowest BCUT2D eigenvalue weighted by Crippen LogP contribution is -2.75. The zero-order chi connectivity index (χ0) is 19.3. The molecule has 0 spiro atoms. The van der Waals surface area contributed by atoms with E-state index < -0.39 is 40.1 Å². The van der Waals surface area contributed by atoms with Gasteiger partial charge in [0.25, 0.3) is 0 Å². The third-order valence-corrected chi connectivity index (χ3v) is 6.13. The fraction of sp³-hybridized carbons (Fsp3) is 0.438. The molecule has 1 aliphatic rings. The molecule has 0 radical (unpaired) electrons. The number of benzene rings is 1. The molecule has 2 aromatic rings. The number of hydrogen-bond acceptors (Lipinski definition) is 6. The lowest BCUT2D eigenvalue weighted by molar-refractivity contribution is -0.325. The zero-order valence-corrected chi connectivity index (χ0v) is 15.9. The molecule has 0 bridgehead atoms. The van der Waals surface area contributed by atoms with Crippen molar-refractivity contribution >= 4 is 44.3 Å². The van der Waals surface area contributed by atoms with Crippen LogP contribution in [0.25, 0.3) is 10.9 Å². The van der Waals surface area contributed by atoms with Crippen molar-refractivity contribution in [1.82, 2.24) is 9.88 Å². The second-order valence-corrected chi connectivity index (χ2v) is 7.80. The first-order valence-electron chi connectivity index (χ1n) is 7.73. The highest BCUT2D eigenvalue weighted by molar-refractivity contribution is 9.10. The van der Waals surface area contributed by atoms with Gasteiger partial charge in [0.05, 0.1) is 5.52 Å². The Morgan fingerprint density at radius 1 is 1.38 bits per heavy atom. The number of nitrogens with zero attached hydrogens (tertiary/aromatic N) is 1. The van der Waals surface area contributed by atoms with Crippen LogP contribution in [0, 0.1) is 0 Å². The van der Waals surface area contributed by atoms with E-state index in [0.717, 1.165) is 5.39 Å². The largest absolute Gasteiger partial charge is 0.384 e. The molecule has 1 aliphatic heterocycles. The number of alkyl halides is 2. The van der Waals surface area contributed by atoms with Gasteiger partial charge in [0.1, 0.15) is 12.1 Å². The Morgan fingerprint density at radius 3 is 2.65 bits per heavy atom. The van der Waals surface area contributed by atoms with E-state index in [1.54, 1.807) is 30.3 Å². The molecular formula is C16H18BrClN2O6. The smallest absolute Gasteiger partial charge is 0.217 e. The molecule has 142 valence electrons. The monoisotopic (exact) mass is 448 g/mol. The topological polar surface area (TPSA) is 124 Å². The minimum atomic E-state index is -2.30. The van der Waals surface area contributed by atoms with Crippen molar-refractivity contribution in [2.24, 2.45) is 0 Å². The number of rotatable bonds is 3. The SMILES string of the molecule is CC(=O)N[C@H]1[C@H](O)O[C@](Br)([C@H](O)Cl)[C@@H](O)[C@@]1(O)n1ccc2ccccc21. The molecule has 2 heterocycles. The van der Waals surface area contributed by atoms with Gasteiger partial charge >= 0.3 is 0 Å². The van der Waals surface area contributed by atoms with E-state index >= 15 is 0 Å². The van der Waals surface area contributed by atoms with Gasteiger partial charge in [0.15, 0.2) is 22.1 Å². The highest BCUT2D eigenvalue weighted by atomic mass is 79.9. The molecule has 0 saturated carbocycles. The van der Waals surface area contributed by atoms with Gasteiger partial charge in [0.2, 0.25) is 5.91 Å². The Bertz CT molecular complexity index is 832. The fourth-order valence-corrected chi connectivity index (χ4v) is 3.95. The van der Waals surface area contributed by atoms with Crippen LogP contribution in [-0.2, 0) is 15.3 Å². The zero-order valence-electron chi connectivity index (χ0n) is 13.6. The number of fused-ring (bicyclic) bond motifs is 1. The van der Waals surface area contributed by atoms with E-state index in [4.69, 9.17) is 16.3 Å². The van der Waals surface area contributed by atoms with Gasteiger partial charge in [-0.25, -0.2) is 0 Å². The maximum atomic E-state index is 11.6. The van der Waals surface area contributed by atoms with Crippen molar-refractivity contribution < 1.29 is 30.0 Å². The number of carbonyl (C=O) groups is 1. The molecule has 5 N–H and O–H groups in total. The molecule has 3 rings (SSSR count). The molecule has 1 amide bonds. The number of ether oxygens (including phenoxy) is 1. The highest BCUT2D eigenvalue weighted by Crippen LogP contribution is 2.46. The number of para-hydroxylation sites is 1. The Hall–Kier alpha value is -1.20. The van der Waals surface area contributed by atoms with Gasteiger partial charge in [-0.2, -0.15) is 0 Å². The van der Waals surface area contributed by atoms with E-state index in [-0.39, 0.29) is 0 Å². The minimum absolute atomic E-state index is 0.525. The van der Waals surface area contributed by atoms with Crippen LogP contribution in [-0.4, -0.2) is 59.4 Å². The fourth-order valence-electron chi connectivity index (χ4n) is 3.25. The van der Waals surface area contributed by atoms with Gasteiger partial charge in [-0.3, -0.25) is 4.79 Å². The summed E-state index contributed by atoms with van der Waals surface area (Å²) in [4.78, 5) is 11.6. The molecular weight excluding hydrogens is 432 g/mol. The van der Waals surface area contributed by atoms with Gasteiger partial charge in [-0.15, -0.1) is 0 Å². The van der Waals surface area contributed by atoms with E-state index in [2.05, 4.69) is 21.2 Å². The average Bonchev–Trinajstić information content (AvgIpc) is 3.01. The number of aliphatic hydroxyl groups is 4. The summed E-state index contributed by atoms with van der Waals surface area (Å²) in [7, 11) is 0. The van der Waals surface area contributed by atoms with Crippen LogP contribution in [0.15, 0.2) is 36.5 Å². The summed E-state index contributed by atoms with van der Waals surface area (Å²) in [6.45, 7) is 1.19. The first kappa shape index (κ1) is 19.6. The molecule has 1 aromatic heterocycles. The van der Waals surface area contributed by atoms with Crippen molar-refractivity contribution in [2.45, 2.75) is 41.2 Å². The number of aliphatic hydroxyl groups excluding tert-OH is 3. The van der Waals surface area contributed by atoms with Gasteiger partial charge < -0.3 is 35.0 Å². The van der Waals surface area contributed by atoms with Crippen LogP contribution in [0.2, 0.25) is 0 Å². The summed E-state index contributed by atoms with van der Waals surface area (Å²) in [6, 6.07) is 7.26. The van der Waals surface area contributed by atoms with E-state index in [1.165, 1.54) is 17.7 Å². The van der Waals surface area contributed by atoms with Crippen molar-refractivity contribution in [3.63, 3.8) is 0 Å². The van der Waals surface area contributed by atoms with Gasteiger partial charge in [0, 0.05) is 13.1 Å². The second-order valence-electron chi connectivity index (χ2n) is 6.15. The number of nitrogens with one attached hydrogen (secondary N) is 1. The summed E-state index contributed by atoms with van der Waals surface area (Å²) >= 11 is 8.71. The maximum absolute atomic E-state index is 11.6. The predicted octanol–water partition coefficient (Wildman–Crippen LogP) is 0.149. The normalized spacial score (nSPS) is 36.0. The molecule has 6 atom stereocenters. The maximum Gasteiger partial charge on any atom is 0.217 e. The quantitative estimate of drug-likeness (QED) is 0.425. The van der Waals surface area contributed by atoms with Crippen LogP contribution in [0.5, 0.6) is 0 Å². The molecule has 1 aromatic carbocycles. The van der Waals surface area contributed by atoms with Crippen molar-refractivity contribution in [1.29, 1.82) is 0 Å². The Kier molecular flexibility index (Phi) is 5.08. The highest BCUT2D eigenvalue weighted by Gasteiger charge is 2.65. The van der Waals surface area contributed by atoms with Gasteiger partial charge in [-0.1, -0.05) is 29.8 Å². The third kappa shape index (κ3) is 2.84. The Balaban J connectivity index is 2.23. The predicted molar refractivity (Wildman–Crippen MR) is 96.4 cm³/mol. The van der Waals surface area contributed by atoms with E-state index in [9.17, 15) is 25.2 Å². The molecule has 1 fully saturated rings. The lowest BCUT2D eigenvalue weighted by atomic mass is 9.89. The van der Waals surface area contributed by atoms with Crippen LogP contribution in [0.1, 0.15) is 6.92 Å². The molecule has 1 saturated heterocycles. The van der Waals surface area contributed by atoms with Crippen LogP contribution >= 0.6 is 27.5 Å². The number of aromatic nitrogens is 1. The van der Waals surface area contributed by atoms with Crippen molar-refractivity contribution in [3.8, 4) is 0 Å². The molecule has 0 aliphatic carbocycles. The number of amides is 1. The summed E-state index contributed by atoms with van der Waals surface area (Å²) in [5.74, 6) is -0.562. The summed E-state index contributed by atoms with van der Waals surface area (Å²) in [6.07, 6.45) is -2.17. The second kappa shape index (κ2) is 6.75. The van der Waals surface area contributed by atoms with Crippen molar-refractivity contribution in [2.75, 3.05) is 0 Å². The van der Waals surface area contributed by atoms with Gasteiger partial charge in [-0.05, 0) is 33.4 Å². The van der Waals surface area contributed by atoms with Crippen LogP contribution < -0.4 is 5.32 Å². The standard InChI is InChI=1S/C16H18BrClN2O6/c1-8(21)19-11-12(22)26-15(17,14(18)24)13(23)16(11,25)20-7-6-9-4-2-3-5-10(9)20/h2-7,11-14,22-25H,1H3,(H,19,21)/t11-,12+,13+,14-,15-,16+/m0/s1. The third-order valence-electron chi connectivity index (χ3n) is 4.49. The number of halogens is 2. The number of hydrogen-bond donors (Lipinski definition) is 5. The number of carbonyl (C=O) groups excluding carboxylic acids is 1. The van der Waals surface area contributed by atoms with Crippen LogP contribution in [0.4, 0.5) is 0 Å². The van der Waals surface area contributed by atoms with E-state index in [0.29, 0.717) is 5.52 Å². The molecule has 10 heteroatoms. The lowest BCUT2D eigenvalue weighted by Gasteiger charge is -2.53. The first-order valence-corrected chi connectivity index (χ1v) is 8.96. The molecule has 26 heavy (non-hydrogen) atoms. The first-order chi connectivity index (χ1) is 12.1. The summed E-state index contributed by atoms with van der Waals surface area (Å²) < 4.78 is 4.42. The van der Waals surface area contributed by atoms with Crippen molar-refractivity contribution in [3.05, 3.63) is 36.5 Å². The van der Waals surface area contributed by atoms with Crippen LogP contribution in [0.3, 0.4) is 0 Å². The average molecular weight is 450 g/mol. The molecule has 8 nitrogen and oxygen atoms in total. The molecule has 0 unspecified atom stereocenters. The van der Waals surface area contributed by atoms with E-state index in [1.807, 2.05) is 0 Å². The minimum Gasteiger partial charge on any atom is -0.384 e. The summed E-state index contributed by atoms with van der Waals surface area (Å²) in [5, 5.41) is 45.8. The Labute approximate surface area is 162 Å².